The lowest BCUT2D eigenvalue weighted by atomic mass is 10.2. The van der Waals surface area contributed by atoms with E-state index in [1.807, 2.05) is 30.3 Å². The number of carbonyl (C=O) groups is 2. The summed E-state index contributed by atoms with van der Waals surface area (Å²) in [6, 6.07) is 16.7. The summed E-state index contributed by atoms with van der Waals surface area (Å²) in [7, 11) is 0. The lowest BCUT2D eigenvalue weighted by molar-refractivity contribution is -0.115. The molecule has 0 radical (unpaired) electrons. The first kappa shape index (κ1) is 17.3. The quantitative estimate of drug-likeness (QED) is 0.828. The first-order valence-corrected chi connectivity index (χ1v) is 8.63. The van der Waals surface area contributed by atoms with Gasteiger partial charge < -0.3 is 15.5 Å². The standard InChI is InChI=1S/C19H20ClN3O2/c20-15-6-8-16(9-7-15)22-18(24)12-21-19(25)23(17-10-11-17)13-14-4-2-1-3-5-14/h1-9,17H,10-13H2,(H,21,25)(H,22,24). The Morgan fingerprint density at radius 1 is 1.04 bits per heavy atom. The zero-order chi connectivity index (χ0) is 17.6. The Morgan fingerprint density at radius 2 is 1.72 bits per heavy atom. The number of halogens is 1. The average molecular weight is 358 g/mol. The summed E-state index contributed by atoms with van der Waals surface area (Å²) in [4.78, 5) is 26.2. The molecule has 1 aliphatic carbocycles. The van der Waals surface area contributed by atoms with E-state index in [1.165, 1.54) is 0 Å². The van der Waals surface area contributed by atoms with Gasteiger partial charge in [0.25, 0.3) is 0 Å². The average Bonchev–Trinajstić information content (AvgIpc) is 3.45. The number of rotatable bonds is 6. The maximum atomic E-state index is 12.4. The third kappa shape index (κ3) is 5.22. The van der Waals surface area contributed by atoms with Gasteiger partial charge in [0.15, 0.2) is 0 Å². The molecule has 0 bridgehead atoms. The van der Waals surface area contributed by atoms with Crippen LogP contribution < -0.4 is 10.6 Å². The highest BCUT2D eigenvalue weighted by Gasteiger charge is 2.32. The highest BCUT2D eigenvalue weighted by atomic mass is 35.5. The van der Waals surface area contributed by atoms with E-state index < -0.39 is 0 Å². The minimum Gasteiger partial charge on any atom is -0.329 e. The highest BCUT2D eigenvalue weighted by Crippen LogP contribution is 2.28. The molecule has 0 spiro atoms. The molecule has 1 saturated carbocycles. The molecule has 25 heavy (non-hydrogen) atoms. The van der Waals surface area contributed by atoms with Crippen molar-refractivity contribution in [2.75, 3.05) is 11.9 Å². The van der Waals surface area contributed by atoms with Crippen molar-refractivity contribution in [2.45, 2.75) is 25.4 Å². The van der Waals surface area contributed by atoms with Gasteiger partial charge in [0.2, 0.25) is 5.91 Å². The van der Waals surface area contributed by atoms with Crippen molar-refractivity contribution >= 4 is 29.2 Å². The van der Waals surface area contributed by atoms with Crippen molar-refractivity contribution in [3.63, 3.8) is 0 Å². The van der Waals surface area contributed by atoms with E-state index >= 15 is 0 Å². The molecule has 130 valence electrons. The summed E-state index contributed by atoms with van der Waals surface area (Å²) in [5.41, 5.74) is 1.72. The van der Waals surface area contributed by atoms with Crippen LogP contribution in [0.4, 0.5) is 10.5 Å². The van der Waals surface area contributed by atoms with Crippen LogP contribution in [-0.4, -0.2) is 29.4 Å². The van der Waals surface area contributed by atoms with E-state index in [0.717, 1.165) is 18.4 Å². The van der Waals surface area contributed by atoms with Crippen molar-refractivity contribution in [3.8, 4) is 0 Å². The largest absolute Gasteiger partial charge is 0.329 e. The van der Waals surface area contributed by atoms with Crippen LogP contribution in [0.25, 0.3) is 0 Å². The molecule has 2 aromatic carbocycles. The normalized spacial score (nSPS) is 13.2. The molecule has 1 fully saturated rings. The molecule has 0 saturated heterocycles. The van der Waals surface area contributed by atoms with Gasteiger partial charge in [-0.3, -0.25) is 4.79 Å². The van der Waals surface area contributed by atoms with Gasteiger partial charge >= 0.3 is 6.03 Å². The van der Waals surface area contributed by atoms with Gasteiger partial charge in [-0.15, -0.1) is 0 Å². The summed E-state index contributed by atoms with van der Waals surface area (Å²) >= 11 is 5.81. The molecule has 2 aromatic rings. The lowest BCUT2D eigenvalue weighted by Gasteiger charge is -2.23. The Morgan fingerprint density at radius 3 is 2.36 bits per heavy atom. The molecule has 3 rings (SSSR count). The van der Waals surface area contributed by atoms with E-state index in [1.54, 1.807) is 29.2 Å². The zero-order valence-electron chi connectivity index (χ0n) is 13.7. The minimum absolute atomic E-state index is 0.0700. The van der Waals surface area contributed by atoms with Crippen LogP contribution in [0.3, 0.4) is 0 Å². The van der Waals surface area contributed by atoms with Crippen LogP contribution in [0.2, 0.25) is 5.02 Å². The Bertz CT molecular complexity index is 730. The Kier molecular flexibility index (Phi) is 5.56. The molecule has 2 N–H and O–H groups in total. The van der Waals surface area contributed by atoms with Crippen molar-refractivity contribution in [1.29, 1.82) is 0 Å². The second-order valence-corrected chi connectivity index (χ2v) is 6.49. The van der Waals surface area contributed by atoms with E-state index in [2.05, 4.69) is 10.6 Å². The highest BCUT2D eigenvalue weighted by molar-refractivity contribution is 6.30. The molecule has 6 heteroatoms. The number of urea groups is 1. The molecular formula is C19H20ClN3O2. The molecule has 0 aromatic heterocycles. The van der Waals surface area contributed by atoms with E-state index in [4.69, 9.17) is 11.6 Å². The third-order valence-electron chi connectivity index (χ3n) is 3.97. The second-order valence-electron chi connectivity index (χ2n) is 6.06. The molecule has 3 amide bonds. The number of anilines is 1. The Hall–Kier alpha value is -2.53. The van der Waals surface area contributed by atoms with Gasteiger partial charge in [0.05, 0.1) is 6.54 Å². The second kappa shape index (κ2) is 8.03. The third-order valence-corrected chi connectivity index (χ3v) is 4.22. The zero-order valence-corrected chi connectivity index (χ0v) is 14.5. The van der Waals surface area contributed by atoms with Crippen molar-refractivity contribution < 1.29 is 9.59 Å². The van der Waals surface area contributed by atoms with Crippen LogP contribution in [0.5, 0.6) is 0 Å². The summed E-state index contributed by atoms with van der Waals surface area (Å²) in [6.45, 7) is 0.482. The molecule has 0 aliphatic heterocycles. The summed E-state index contributed by atoms with van der Waals surface area (Å²) in [5, 5.41) is 6.04. The van der Waals surface area contributed by atoms with Crippen LogP contribution in [0.15, 0.2) is 54.6 Å². The number of amides is 3. The maximum absolute atomic E-state index is 12.4. The molecule has 0 atom stereocenters. The first-order valence-electron chi connectivity index (χ1n) is 8.25. The molecular weight excluding hydrogens is 338 g/mol. The van der Waals surface area contributed by atoms with Crippen LogP contribution in [-0.2, 0) is 11.3 Å². The fourth-order valence-corrected chi connectivity index (χ4v) is 2.65. The number of benzene rings is 2. The Balaban J connectivity index is 1.51. The molecule has 5 nitrogen and oxygen atoms in total. The minimum atomic E-state index is -0.272. The maximum Gasteiger partial charge on any atom is 0.318 e. The molecule has 1 aliphatic rings. The van der Waals surface area contributed by atoms with Crippen molar-refractivity contribution in [3.05, 3.63) is 65.2 Å². The number of nitrogens with one attached hydrogen (secondary N) is 2. The number of hydrogen-bond donors (Lipinski definition) is 2. The van der Waals surface area contributed by atoms with Gasteiger partial charge in [-0.05, 0) is 42.7 Å². The molecule has 0 heterocycles. The fraction of sp³-hybridized carbons (Fsp3) is 0.263. The van der Waals surface area contributed by atoms with E-state index in [9.17, 15) is 9.59 Å². The van der Waals surface area contributed by atoms with Crippen molar-refractivity contribution in [1.82, 2.24) is 10.2 Å². The summed E-state index contributed by atoms with van der Waals surface area (Å²) < 4.78 is 0. The summed E-state index contributed by atoms with van der Waals surface area (Å²) in [5.74, 6) is -0.272. The number of nitrogens with zero attached hydrogens (tertiary/aromatic N) is 1. The smallest absolute Gasteiger partial charge is 0.318 e. The molecule has 0 unspecified atom stereocenters. The fourth-order valence-electron chi connectivity index (χ4n) is 2.53. The van der Waals surface area contributed by atoms with Gasteiger partial charge in [-0.25, -0.2) is 4.79 Å². The predicted molar refractivity (Wildman–Crippen MR) is 98.5 cm³/mol. The van der Waals surface area contributed by atoms with Gasteiger partial charge in [-0.2, -0.15) is 0 Å². The first-order chi connectivity index (χ1) is 12.1. The van der Waals surface area contributed by atoms with Gasteiger partial charge in [0, 0.05) is 23.3 Å². The van der Waals surface area contributed by atoms with Crippen LogP contribution >= 0.6 is 11.6 Å². The van der Waals surface area contributed by atoms with E-state index in [-0.39, 0.29) is 24.5 Å². The lowest BCUT2D eigenvalue weighted by Crippen LogP contribution is -2.43. The van der Waals surface area contributed by atoms with Crippen LogP contribution in [0, 0.1) is 0 Å². The monoisotopic (exact) mass is 357 g/mol. The Labute approximate surface area is 152 Å². The van der Waals surface area contributed by atoms with Crippen molar-refractivity contribution in [2.24, 2.45) is 0 Å². The van der Waals surface area contributed by atoms with Crippen LogP contribution in [0.1, 0.15) is 18.4 Å². The van der Waals surface area contributed by atoms with Gasteiger partial charge in [0.1, 0.15) is 0 Å². The number of hydrogen-bond acceptors (Lipinski definition) is 2. The topological polar surface area (TPSA) is 61.4 Å². The SMILES string of the molecule is O=C(CNC(=O)N(Cc1ccccc1)C1CC1)Nc1ccc(Cl)cc1. The summed E-state index contributed by atoms with van der Waals surface area (Å²) in [6.07, 6.45) is 2.02. The van der Waals surface area contributed by atoms with Gasteiger partial charge in [-0.1, -0.05) is 41.9 Å². The van der Waals surface area contributed by atoms with E-state index in [0.29, 0.717) is 17.3 Å². The predicted octanol–water partition coefficient (Wildman–Crippen LogP) is 3.65. The number of carbonyl (C=O) groups excluding carboxylic acids is 2.